The summed E-state index contributed by atoms with van der Waals surface area (Å²) in [6, 6.07) is -0.169. The molecule has 2 N–H and O–H groups in total. The number of aromatic nitrogens is 2. The molecule has 2 aromatic heterocycles. The average Bonchev–Trinajstić information content (AvgIpc) is 3.61. The number of thiophene rings is 1. The van der Waals surface area contributed by atoms with E-state index in [2.05, 4.69) is 5.16 Å². The van der Waals surface area contributed by atoms with Crippen molar-refractivity contribution < 1.29 is 14.1 Å². The van der Waals surface area contributed by atoms with Gasteiger partial charge in [0, 0.05) is 40.1 Å². The van der Waals surface area contributed by atoms with E-state index in [4.69, 9.17) is 10.3 Å². The highest BCUT2D eigenvalue weighted by Gasteiger charge is 2.35. The van der Waals surface area contributed by atoms with Crippen LogP contribution in [-0.2, 0) is 24.1 Å². The van der Waals surface area contributed by atoms with E-state index in [0.717, 1.165) is 48.1 Å². The predicted octanol–water partition coefficient (Wildman–Crippen LogP) is 3.10. The molecule has 0 bridgehead atoms. The molecule has 2 aromatic rings. The quantitative estimate of drug-likeness (QED) is 0.664. The van der Waals surface area contributed by atoms with Crippen molar-refractivity contribution in [2.45, 2.75) is 70.3 Å². The van der Waals surface area contributed by atoms with Crippen LogP contribution in [0.15, 0.2) is 9.32 Å². The van der Waals surface area contributed by atoms with Crippen molar-refractivity contribution >= 4 is 28.9 Å². The summed E-state index contributed by atoms with van der Waals surface area (Å²) in [6.07, 6.45) is 8.30. The van der Waals surface area contributed by atoms with Gasteiger partial charge in [0.15, 0.2) is 5.78 Å². The number of fused-ring (bicyclic) bond motifs is 1. The van der Waals surface area contributed by atoms with E-state index in [1.807, 2.05) is 0 Å². The summed E-state index contributed by atoms with van der Waals surface area (Å²) >= 11 is 1.62. The van der Waals surface area contributed by atoms with Gasteiger partial charge in [-0.3, -0.25) is 14.1 Å². The molecule has 0 aromatic carbocycles. The molecular weight excluding hydrogens is 390 g/mol. The number of nitrogen functional groups attached to an aromatic ring is 1. The maximum Gasteiger partial charge on any atom is 0.443 e. The van der Waals surface area contributed by atoms with Crippen LogP contribution in [0.25, 0.3) is 0 Å². The maximum atomic E-state index is 13.2. The first kappa shape index (κ1) is 18.8. The predicted molar refractivity (Wildman–Crippen MR) is 108 cm³/mol. The van der Waals surface area contributed by atoms with Crippen LogP contribution in [-0.4, -0.2) is 21.3 Å². The molecule has 0 saturated heterocycles. The first-order valence-electron chi connectivity index (χ1n) is 10.5. The van der Waals surface area contributed by atoms with E-state index in [1.54, 1.807) is 11.3 Å². The standard InChI is InChI=1S/C21H25N3O4S/c22-20-23-28-21(27)24(20)13-6-8-17-14(9-13)19(15(25)7-3-11-1-2-11)18(29-17)10-16(26)12-4-5-12/h11-13H,1-10H2,(H2,22,23). The zero-order valence-corrected chi connectivity index (χ0v) is 17.1. The second kappa shape index (κ2) is 7.23. The highest BCUT2D eigenvalue weighted by molar-refractivity contribution is 7.12. The smallest absolute Gasteiger partial charge is 0.366 e. The van der Waals surface area contributed by atoms with Crippen molar-refractivity contribution in [1.29, 1.82) is 0 Å². The Morgan fingerprint density at radius 2 is 2.00 bits per heavy atom. The van der Waals surface area contributed by atoms with Crippen molar-refractivity contribution in [2.24, 2.45) is 11.8 Å². The van der Waals surface area contributed by atoms with Crippen LogP contribution in [0.5, 0.6) is 0 Å². The summed E-state index contributed by atoms with van der Waals surface area (Å²) in [7, 11) is 0. The van der Waals surface area contributed by atoms with Gasteiger partial charge in [0.25, 0.3) is 0 Å². The average molecular weight is 416 g/mol. The van der Waals surface area contributed by atoms with Gasteiger partial charge in [0.2, 0.25) is 5.95 Å². The second-order valence-electron chi connectivity index (χ2n) is 8.70. The summed E-state index contributed by atoms with van der Waals surface area (Å²) in [5, 5.41) is 3.58. The number of carbonyl (C=O) groups is 2. The van der Waals surface area contributed by atoms with Gasteiger partial charge in [-0.25, -0.2) is 9.36 Å². The van der Waals surface area contributed by atoms with Gasteiger partial charge in [-0.05, 0) is 55.2 Å². The van der Waals surface area contributed by atoms with Gasteiger partial charge in [0.1, 0.15) is 5.78 Å². The van der Waals surface area contributed by atoms with Crippen LogP contribution < -0.4 is 11.5 Å². The van der Waals surface area contributed by atoms with Crippen molar-refractivity contribution in [3.8, 4) is 0 Å². The zero-order chi connectivity index (χ0) is 20.1. The summed E-state index contributed by atoms with van der Waals surface area (Å²) < 4.78 is 6.10. The molecule has 3 aliphatic carbocycles. The zero-order valence-electron chi connectivity index (χ0n) is 16.3. The van der Waals surface area contributed by atoms with Gasteiger partial charge in [-0.2, -0.15) is 0 Å². The molecule has 2 saturated carbocycles. The Kier molecular flexibility index (Phi) is 4.69. The minimum absolute atomic E-state index is 0.0735. The summed E-state index contributed by atoms with van der Waals surface area (Å²) in [6.45, 7) is 0. The van der Waals surface area contributed by atoms with Gasteiger partial charge >= 0.3 is 5.76 Å². The first-order valence-corrected chi connectivity index (χ1v) is 11.4. The lowest BCUT2D eigenvalue weighted by molar-refractivity contribution is -0.119. The van der Waals surface area contributed by atoms with Crippen molar-refractivity contribution in [3.63, 3.8) is 0 Å². The van der Waals surface area contributed by atoms with E-state index in [0.29, 0.717) is 25.2 Å². The molecule has 5 rings (SSSR count). The number of Topliss-reactive ketones (excluding diaryl/α,β-unsaturated/α-hetero) is 2. The molecule has 2 fully saturated rings. The van der Waals surface area contributed by atoms with Crippen LogP contribution in [0.3, 0.4) is 0 Å². The van der Waals surface area contributed by atoms with Gasteiger partial charge < -0.3 is 5.73 Å². The molecule has 0 aliphatic heterocycles. The van der Waals surface area contributed by atoms with E-state index < -0.39 is 5.76 Å². The lowest BCUT2D eigenvalue weighted by atomic mass is 9.88. The molecule has 0 radical (unpaired) electrons. The SMILES string of the molecule is Nc1noc(=O)n1C1CCc2sc(CC(=O)C3CC3)c(C(=O)CCC3CC3)c2C1. The summed E-state index contributed by atoms with van der Waals surface area (Å²) in [4.78, 5) is 39.8. The lowest BCUT2D eigenvalue weighted by Gasteiger charge is -2.23. The van der Waals surface area contributed by atoms with Crippen LogP contribution in [0, 0.1) is 11.8 Å². The number of hydrogen-bond donors (Lipinski definition) is 1. The fourth-order valence-electron chi connectivity index (χ4n) is 4.47. The highest BCUT2D eigenvalue weighted by atomic mass is 32.1. The van der Waals surface area contributed by atoms with E-state index >= 15 is 0 Å². The van der Waals surface area contributed by atoms with E-state index in [1.165, 1.54) is 22.3 Å². The third-order valence-corrected chi connectivity index (χ3v) is 7.75. The Bertz CT molecular complexity index is 1030. The van der Waals surface area contributed by atoms with E-state index in [-0.39, 0.29) is 29.5 Å². The number of nitrogens with zero attached hydrogens (tertiary/aromatic N) is 2. The van der Waals surface area contributed by atoms with Gasteiger partial charge in [-0.15, -0.1) is 11.3 Å². The van der Waals surface area contributed by atoms with Crippen molar-refractivity contribution in [2.75, 3.05) is 5.73 Å². The Labute approximate surface area is 172 Å². The molecule has 1 unspecified atom stereocenters. The molecule has 7 nitrogen and oxygen atoms in total. The monoisotopic (exact) mass is 415 g/mol. The molecule has 0 amide bonds. The van der Waals surface area contributed by atoms with Gasteiger partial charge in [-0.1, -0.05) is 12.8 Å². The van der Waals surface area contributed by atoms with E-state index in [9.17, 15) is 14.4 Å². The number of ketones is 2. The summed E-state index contributed by atoms with van der Waals surface area (Å²) in [5.74, 6) is 0.802. The van der Waals surface area contributed by atoms with Crippen molar-refractivity contribution in [3.05, 3.63) is 31.4 Å². The second-order valence-corrected chi connectivity index (χ2v) is 9.89. The molecule has 154 valence electrons. The Hall–Kier alpha value is -2.22. The largest absolute Gasteiger partial charge is 0.443 e. The molecule has 3 aliphatic rings. The molecule has 29 heavy (non-hydrogen) atoms. The maximum absolute atomic E-state index is 13.2. The fraction of sp³-hybridized carbons (Fsp3) is 0.619. The van der Waals surface area contributed by atoms with Crippen LogP contribution in [0.4, 0.5) is 5.95 Å². The molecule has 0 spiro atoms. The topological polar surface area (TPSA) is 108 Å². The molecule has 8 heteroatoms. The highest BCUT2D eigenvalue weighted by Crippen LogP contribution is 2.41. The Morgan fingerprint density at radius 3 is 2.66 bits per heavy atom. The molecule has 1 atom stereocenters. The normalized spacial score (nSPS) is 21.2. The van der Waals surface area contributed by atoms with Crippen LogP contribution in [0.2, 0.25) is 0 Å². The minimum atomic E-state index is -0.558. The number of nitrogens with two attached hydrogens (primary N) is 1. The number of carbonyl (C=O) groups excluding carboxylic acids is 2. The summed E-state index contributed by atoms with van der Waals surface area (Å²) in [5.41, 5.74) is 7.61. The first-order chi connectivity index (χ1) is 14.0. The minimum Gasteiger partial charge on any atom is -0.366 e. The van der Waals surface area contributed by atoms with Crippen LogP contribution >= 0.6 is 11.3 Å². The molecule has 2 heterocycles. The fourth-order valence-corrected chi connectivity index (χ4v) is 5.85. The third-order valence-electron chi connectivity index (χ3n) is 6.46. The van der Waals surface area contributed by atoms with Crippen molar-refractivity contribution in [1.82, 2.24) is 9.72 Å². The molecular formula is C21H25N3O4S. The number of aryl methyl sites for hydroxylation is 1. The number of hydrogen-bond acceptors (Lipinski definition) is 7. The Balaban J connectivity index is 1.46. The lowest BCUT2D eigenvalue weighted by Crippen LogP contribution is -2.27. The Morgan fingerprint density at radius 1 is 1.21 bits per heavy atom. The van der Waals surface area contributed by atoms with Crippen LogP contribution in [0.1, 0.15) is 76.7 Å². The number of anilines is 1. The number of rotatable bonds is 8. The third kappa shape index (κ3) is 3.70. The van der Waals surface area contributed by atoms with Gasteiger partial charge in [0.05, 0.1) is 0 Å².